The van der Waals surface area contributed by atoms with Crippen LogP contribution >= 0.6 is 0 Å². The fraction of sp³-hybridized carbons (Fsp3) is 0.211. The van der Waals surface area contributed by atoms with E-state index in [-0.39, 0.29) is 5.78 Å². The number of benzene rings is 2. The number of hydrogen-bond donors (Lipinski definition) is 0. The van der Waals surface area contributed by atoms with Crippen LogP contribution in [0.3, 0.4) is 0 Å². The summed E-state index contributed by atoms with van der Waals surface area (Å²) in [6, 6.07) is 8.84. The third-order valence-electron chi connectivity index (χ3n) is 4.24. The van der Waals surface area contributed by atoms with Crippen LogP contribution in [0.1, 0.15) is 40.1 Å². The molecular formula is C19H16O4. The molecule has 0 unspecified atom stereocenters. The van der Waals surface area contributed by atoms with E-state index in [1.165, 1.54) is 13.2 Å². The lowest BCUT2D eigenvalue weighted by Crippen LogP contribution is -2.33. The highest BCUT2D eigenvalue weighted by atomic mass is 16.5. The van der Waals surface area contributed by atoms with Crippen LogP contribution in [0.2, 0.25) is 0 Å². The van der Waals surface area contributed by atoms with Crippen molar-refractivity contribution >= 4 is 34.2 Å². The number of rotatable bonds is 3. The van der Waals surface area contributed by atoms with Gasteiger partial charge in [0.15, 0.2) is 5.78 Å². The van der Waals surface area contributed by atoms with E-state index in [0.717, 1.165) is 5.39 Å². The van der Waals surface area contributed by atoms with Crippen molar-refractivity contribution in [3.05, 3.63) is 53.1 Å². The van der Waals surface area contributed by atoms with Gasteiger partial charge < -0.3 is 4.74 Å². The molecule has 0 bridgehead atoms. The summed E-state index contributed by atoms with van der Waals surface area (Å²) in [7, 11) is 1.48. The zero-order chi connectivity index (χ0) is 16.8. The van der Waals surface area contributed by atoms with Gasteiger partial charge in [-0.2, -0.15) is 0 Å². The van der Waals surface area contributed by atoms with E-state index >= 15 is 0 Å². The van der Waals surface area contributed by atoms with Crippen molar-refractivity contribution < 1.29 is 19.1 Å². The molecule has 1 aliphatic rings. The molecule has 4 heteroatoms. The molecule has 0 fully saturated rings. The van der Waals surface area contributed by atoms with Crippen molar-refractivity contribution in [2.24, 2.45) is 0 Å². The number of ketones is 3. The van der Waals surface area contributed by atoms with E-state index < -0.39 is 17.2 Å². The zero-order valence-corrected chi connectivity index (χ0v) is 13.2. The van der Waals surface area contributed by atoms with Gasteiger partial charge in [0, 0.05) is 18.2 Å². The highest BCUT2D eigenvalue weighted by molar-refractivity contribution is 6.51. The standard InChI is InChI=1S/C19H16O4/c1-19(2,23-3)18(22)13-7-5-11-4-6-12-8-9-15(20)17(21)16(12)14(11)10-13/h4-10H,1-3H3. The first-order valence-corrected chi connectivity index (χ1v) is 7.28. The van der Waals surface area contributed by atoms with Gasteiger partial charge >= 0.3 is 0 Å². The van der Waals surface area contributed by atoms with Gasteiger partial charge in [0.25, 0.3) is 0 Å². The lowest BCUT2D eigenvalue weighted by atomic mass is 9.88. The maximum atomic E-state index is 12.6. The summed E-state index contributed by atoms with van der Waals surface area (Å²) in [5.41, 5.74) is 0.549. The quantitative estimate of drug-likeness (QED) is 0.645. The van der Waals surface area contributed by atoms with E-state index in [4.69, 9.17) is 4.74 Å². The predicted molar refractivity (Wildman–Crippen MR) is 87.7 cm³/mol. The highest BCUT2D eigenvalue weighted by Crippen LogP contribution is 2.29. The molecule has 0 saturated carbocycles. The molecule has 0 atom stereocenters. The van der Waals surface area contributed by atoms with E-state index in [1.807, 2.05) is 6.07 Å². The highest BCUT2D eigenvalue weighted by Gasteiger charge is 2.29. The summed E-state index contributed by atoms with van der Waals surface area (Å²) < 4.78 is 5.23. The van der Waals surface area contributed by atoms with Crippen LogP contribution in [0.15, 0.2) is 36.4 Å². The average Bonchev–Trinajstić information content (AvgIpc) is 2.56. The first-order chi connectivity index (χ1) is 10.8. The van der Waals surface area contributed by atoms with Gasteiger partial charge in [0.2, 0.25) is 11.6 Å². The molecule has 0 aromatic heterocycles. The summed E-state index contributed by atoms with van der Waals surface area (Å²) in [6.45, 7) is 3.38. The molecule has 0 radical (unpaired) electrons. The minimum Gasteiger partial charge on any atom is -0.371 e. The third-order valence-corrected chi connectivity index (χ3v) is 4.24. The molecule has 23 heavy (non-hydrogen) atoms. The van der Waals surface area contributed by atoms with Gasteiger partial charge in [-0.25, -0.2) is 0 Å². The van der Waals surface area contributed by atoms with Crippen molar-refractivity contribution in [1.82, 2.24) is 0 Å². The lowest BCUT2D eigenvalue weighted by Gasteiger charge is -2.21. The minimum absolute atomic E-state index is 0.176. The van der Waals surface area contributed by atoms with E-state index in [2.05, 4.69) is 0 Å². The number of carbonyl (C=O) groups is 3. The molecule has 0 aliphatic heterocycles. The number of methoxy groups -OCH3 is 1. The van der Waals surface area contributed by atoms with E-state index in [9.17, 15) is 14.4 Å². The molecule has 0 heterocycles. The van der Waals surface area contributed by atoms with Crippen LogP contribution in [0, 0.1) is 0 Å². The Morgan fingerprint density at radius 2 is 1.74 bits per heavy atom. The minimum atomic E-state index is -0.956. The topological polar surface area (TPSA) is 60.4 Å². The zero-order valence-electron chi connectivity index (χ0n) is 13.2. The Labute approximate surface area is 133 Å². The summed E-state index contributed by atoms with van der Waals surface area (Å²) in [4.78, 5) is 36.5. The van der Waals surface area contributed by atoms with Crippen LogP contribution in [-0.4, -0.2) is 30.1 Å². The molecule has 116 valence electrons. The van der Waals surface area contributed by atoms with Crippen LogP contribution in [0.25, 0.3) is 16.8 Å². The van der Waals surface area contributed by atoms with Crippen LogP contribution in [0.5, 0.6) is 0 Å². The van der Waals surface area contributed by atoms with Crippen LogP contribution in [0.4, 0.5) is 0 Å². The van der Waals surface area contributed by atoms with Crippen molar-refractivity contribution in [2.45, 2.75) is 19.4 Å². The second kappa shape index (κ2) is 5.25. The van der Waals surface area contributed by atoms with E-state index in [1.54, 1.807) is 44.2 Å². The van der Waals surface area contributed by atoms with Crippen LogP contribution in [-0.2, 0) is 9.53 Å². The Morgan fingerprint density at radius 1 is 1.04 bits per heavy atom. The monoisotopic (exact) mass is 308 g/mol. The van der Waals surface area contributed by atoms with Crippen molar-refractivity contribution in [2.75, 3.05) is 7.11 Å². The van der Waals surface area contributed by atoms with E-state index in [0.29, 0.717) is 22.1 Å². The van der Waals surface area contributed by atoms with Crippen LogP contribution < -0.4 is 0 Å². The number of Topliss-reactive ketones (excluding diaryl/α,β-unsaturated/α-hetero) is 2. The molecule has 3 rings (SSSR count). The Kier molecular flexibility index (Phi) is 3.49. The molecule has 1 aliphatic carbocycles. The first-order valence-electron chi connectivity index (χ1n) is 7.28. The molecule has 2 aromatic carbocycles. The molecule has 2 aromatic rings. The maximum absolute atomic E-state index is 12.6. The summed E-state index contributed by atoms with van der Waals surface area (Å²) in [5.74, 6) is -1.26. The van der Waals surface area contributed by atoms with Gasteiger partial charge in [-0.1, -0.05) is 30.3 Å². The van der Waals surface area contributed by atoms with Gasteiger partial charge in [-0.3, -0.25) is 14.4 Å². The molecule has 0 spiro atoms. The molecule has 0 saturated heterocycles. The SMILES string of the molecule is COC(C)(C)C(=O)c1ccc2ccc3c(c2c1)C(=O)C(=O)C=C3. The van der Waals surface area contributed by atoms with Gasteiger partial charge in [0.05, 0.1) is 0 Å². The number of carbonyl (C=O) groups excluding carboxylic acids is 3. The fourth-order valence-corrected chi connectivity index (χ4v) is 2.67. The second-order valence-corrected chi connectivity index (χ2v) is 6.04. The smallest absolute Gasteiger partial charge is 0.234 e. The second-order valence-electron chi connectivity index (χ2n) is 6.04. The number of hydrogen-bond acceptors (Lipinski definition) is 4. The predicted octanol–water partition coefficient (Wildman–Crippen LogP) is 3.23. The largest absolute Gasteiger partial charge is 0.371 e. The Bertz CT molecular complexity index is 888. The number of allylic oxidation sites excluding steroid dienone is 1. The Balaban J connectivity index is 2.24. The first kappa shape index (κ1) is 15.3. The van der Waals surface area contributed by atoms with Crippen molar-refractivity contribution in [3.63, 3.8) is 0 Å². The maximum Gasteiger partial charge on any atom is 0.234 e. The fourth-order valence-electron chi connectivity index (χ4n) is 2.67. The summed E-state index contributed by atoms with van der Waals surface area (Å²) in [6.07, 6.45) is 2.91. The average molecular weight is 308 g/mol. The Morgan fingerprint density at radius 3 is 2.43 bits per heavy atom. The molecular weight excluding hydrogens is 292 g/mol. The van der Waals surface area contributed by atoms with Crippen molar-refractivity contribution in [3.8, 4) is 0 Å². The third kappa shape index (κ3) is 2.41. The molecule has 0 N–H and O–H groups in total. The van der Waals surface area contributed by atoms with Crippen molar-refractivity contribution in [1.29, 1.82) is 0 Å². The summed E-state index contributed by atoms with van der Waals surface area (Å²) in [5, 5.41) is 1.43. The van der Waals surface area contributed by atoms with Gasteiger partial charge in [-0.05, 0) is 42.3 Å². The molecule has 0 amide bonds. The molecule has 4 nitrogen and oxygen atoms in total. The number of ether oxygens (including phenoxy) is 1. The Hall–Kier alpha value is -2.59. The number of fused-ring (bicyclic) bond motifs is 3. The lowest BCUT2D eigenvalue weighted by molar-refractivity contribution is -0.110. The van der Waals surface area contributed by atoms with Gasteiger partial charge in [0.1, 0.15) is 5.60 Å². The van der Waals surface area contributed by atoms with Gasteiger partial charge in [-0.15, -0.1) is 0 Å². The normalized spacial score (nSPS) is 14.2. The summed E-state index contributed by atoms with van der Waals surface area (Å²) >= 11 is 0.